The third-order valence-corrected chi connectivity index (χ3v) is 6.58. The van der Waals surface area contributed by atoms with E-state index in [2.05, 4.69) is 9.88 Å². The standard InChI is InChI=1S/C24H21N3O3S/c1-16(28)17-6-8-18(9-7-17)26-12-14-27(15-13-26)24(29)21-11-10-20(30-21)23-25-19-4-2-3-5-22(19)31-23/h2-11H,12-15H2,1H3. The first-order valence-corrected chi connectivity index (χ1v) is 11.0. The fourth-order valence-electron chi connectivity index (χ4n) is 3.78. The lowest BCUT2D eigenvalue weighted by Gasteiger charge is -2.35. The van der Waals surface area contributed by atoms with Gasteiger partial charge in [0.05, 0.1) is 10.2 Å². The Balaban J connectivity index is 1.25. The SMILES string of the molecule is CC(=O)c1ccc(N2CCN(C(=O)c3ccc(-c4nc5ccccc5s4)o3)CC2)cc1. The van der Waals surface area contributed by atoms with Crippen molar-refractivity contribution in [3.63, 3.8) is 0 Å². The van der Waals surface area contributed by atoms with E-state index in [9.17, 15) is 9.59 Å². The minimum absolute atomic E-state index is 0.0608. The molecule has 4 aromatic rings. The van der Waals surface area contributed by atoms with Crippen molar-refractivity contribution in [2.24, 2.45) is 0 Å². The highest BCUT2D eigenvalue weighted by atomic mass is 32.1. The van der Waals surface area contributed by atoms with Gasteiger partial charge in [-0.1, -0.05) is 12.1 Å². The molecule has 0 aliphatic carbocycles. The molecule has 7 heteroatoms. The molecule has 1 aliphatic rings. The predicted octanol–water partition coefficient (Wildman–Crippen LogP) is 4.72. The van der Waals surface area contributed by atoms with Crippen LogP contribution in [0.4, 0.5) is 5.69 Å². The number of anilines is 1. The molecule has 0 spiro atoms. The van der Waals surface area contributed by atoms with Crippen LogP contribution in [0.2, 0.25) is 0 Å². The van der Waals surface area contributed by atoms with Gasteiger partial charge in [0.15, 0.2) is 22.3 Å². The van der Waals surface area contributed by atoms with E-state index in [0.29, 0.717) is 30.2 Å². The molecule has 2 aromatic heterocycles. The fraction of sp³-hybridized carbons (Fsp3) is 0.208. The van der Waals surface area contributed by atoms with Crippen LogP contribution in [-0.4, -0.2) is 47.8 Å². The van der Waals surface area contributed by atoms with Gasteiger partial charge in [-0.3, -0.25) is 9.59 Å². The number of rotatable bonds is 4. The van der Waals surface area contributed by atoms with E-state index in [1.807, 2.05) is 59.5 Å². The van der Waals surface area contributed by atoms with Gasteiger partial charge in [0, 0.05) is 37.4 Å². The van der Waals surface area contributed by atoms with Crippen LogP contribution in [0.3, 0.4) is 0 Å². The number of Topliss-reactive ketones (excluding diaryl/α,β-unsaturated/α-hetero) is 1. The average molecular weight is 432 g/mol. The molecule has 6 nitrogen and oxygen atoms in total. The number of thiazole rings is 1. The van der Waals surface area contributed by atoms with Crippen molar-refractivity contribution >= 4 is 38.9 Å². The van der Waals surface area contributed by atoms with Crippen LogP contribution in [-0.2, 0) is 0 Å². The summed E-state index contributed by atoms with van der Waals surface area (Å²) in [5.74, 6) is 0.923. The first-order chi connectivity index (χ1) is 15.1. The molecule has 3 heterocycles. The summed E-state index contributed by atoms with van der Waals surface area (Å²) < 4.78 is 6.96. The maximum atomic E-state index is 12.9. The van der Waals surface area contributed by atoms with Crippen molar-refractivity contribution < 1.29 is 14.0 Å². The minimum atomic E-state index is -0.0982. The number of piperazine rings is 1. The van der Waals surface area contributed by atoms with E-state index in [1.54, 1.807) is 24.3 Å². The van der Waals surface area contributed by atoms with Crippen LogP contribution in [0.25, 0.3) is 21.0 Å². The number of aromatic nitrogens is 1. The Labute approximate surface area is 183 Å². The Morgan fingerprint density at radius 3 is 2.39 bits per heavy atom. The van der Waals surface area contributed by atoms with Crippen molar-refractivity contribution in [1.29, 1.82) is 0 Å². The summed E-state index contributed by atoms with van der Waals surface area (Å²) in [5, 5.41) is 0.777. The number of furan rings is 1. The maximum Gasteiger partial charge on any atom is 0.289 e. The van der Waals surface area contributed by atoms with Crippen LogP contribution in [0.5, 0.6) is 0 Å². The van der Waals surface area contributed by atoms with Gasteiger partial charge in [-0.2, -0.15) is 0 Å². The van der Waals surface area contributed by atoms with E-state index in [4.69, 9.17) is 4.42 Å². The highest BCUT2D eigenvalue weighted by molar-refractivity contribution is 7.21. The first-order valence-electron chi connectivity index (χ1n) is 10.2. The van der Waals surface area contributed by atoms with Crippen LogP contribution >= 0.6 is 11.3 Å². The Morgan fingerprint density at radius 2 is 1.68 bits per heavy atom. The normalized spacial score (nSPS) is 14.2. The summed E-state index contributed by atoms with van der Waals surface area (Å²) >= 11 is 1.55. The number of benzene rings is 2. The lowest BCUT2D eigenvalue weighted by molar-refractivity contribution is 0.0715. The molecule has 156 valence electrons. The summed E-state index contributed by atoms with van der Waals surface area (Å²) in [7, 11) is 0. The van der Waals surface area contributed by atoms with E-state index >= 15 is 0 Å². The maximum absolute atomic E-state index is 12.9. The molecule has 0 atom stereocenters. The van der Waals surface area contributed by atoms with Gasteiger partial charge in [0.1, 0.15) is 0 Å². The second-order valence-electron chi connectivity index (χ2n) is 7.53. The minimum Gasteiger partial charge on any atom is -0.448 e. The summed E-state index contributed by atoms with van der Waals surface area (Å²) in [6, 6.07) is 19.1. The highest BCUT2D eigenvalue weighted by Gasteiger charge is 2.25. The number of para-hydroxylation sites is 1. The Kier molecular flexibility index (Phi) is 5.03. The van der Waals surface area contributed by atoms with E-state index < -0.39 is 0 Å². The number of amides is 1. The largest absolute Gasteiger partial charge is 0.448 e. The Morgan fingerprint density at radius 1 is 0.935 bits per heavy atom. The van der Waals surface area contributed by atoms with Crippen molar-refractivity contribution in [1.82, 2.24) is 9.88 Å². The smallest absolute Gasteiger partial charge is 0.289 e. The average Bonchev–Trinajstić information content (AvgIpc) is 3.46. The fourth-order valence-corrected chi connectivity index (χ4v) is 4.70. The third-order valence-electron chi connectivity index (χ3n) is 5.53. The first kappa shape index (κ1) is 19.5. The lowest BCUT2D eigenvalue weighted by atomic mass is 10.1. The van der Waals surface area contributed by atoms with Crippen LogP contribution in [0.1, 0.15) is 27.8 Å². The van der Waals surface area contributed by atoms with E-state index in [0.717, 1.165) is 34.0 Å². The highest BCUT2D eigenvalue weighted by Crippen LogP contribution is 2.31. The third kappa shape index (κ3) is 3.84. The molecule has 0 unspecified atom stereocenters. The predicted molar refractivity (Wildman–Crippen MR) is 122 cm³/mol. The van der Waals surface area contributed by atoms with Gasteiger partial charge in [-0.15, -0.1) is 11.3 Å². The zero-order valence-corrected chi connectivity index (χ0v) is 17.9. The van der Waals surface area contributed by atoms with Crippen molar-refractivity contribution in [2.45, 2.75) is 6.92 Å². The summed E-state index contributed by atoms with van der Waals surface area (Å²) in [5.41, 5.74) is 2.70. The topological polar surface area (TPSA) is 66.7 Å². The quantitative estimate of drug-likeness (QED) is 0.438. The van der Waals surface area contributed by atoms with Gasteiger partial charge in [0.25, 0.3) is 5.91 Å². The van der Waals surface area contributed by atoms with Crippen molar-refractivity contribution in [3.8, 4) is 10.8 Å². The zero-order valence-electron chi connectivity index (χ0n) is 17.1. The van der Waals surface area contributed by atoms with E-state index in [-0.39, 0.29) is 11.7 Å². The molecular weight excluding hydrogens is 410 g/mol. The Hall–Kier alpha value is -3.45. The Bertz CT molecular complexity index is 1220. The molecule has 5 rings (SSSR count). The summed E-state index contributed by atoms with van der Waals surface area (Å²) in [6.07, 6.45) is 0. The monoisotopic (exact) mass is 431 g/mol. The number of hydrogen-bond donors (Lipinski definition) is 0. The van der Waals surface area contributed by atoms with Gasteiger partial charge in [-0.25, -0.2) is 4.98 Å². The lowest BCUT2D eigenvalue weighted by Crippen LogP contribution is -2.48. The molecule has 0 bridgehead atoms. The number of fused-ring (bicyclic) bond motifs is 1. The molecule has 1 fully saturated rings. The molecule has 1 amide bonds. The molecular formula is C24H21N3O3S. The number of hydrogen-bond acceptors (Lipinski definition) is 6. The molecule has 2 aromatic carbocycles. The van der Waals surface area contributed by atoms with Crippen molar-refractivity contribution in [2.75, 3.05) is 31.1 Å². The van der Waals surface area contributed by atoms with Crippen molar-refractivity contribution in [3.05, 3.63) is 72.0 Å². The van der Waals surface area contributed by atoms with E-state index in [1.165, 1.54) is 0 Å². The molecule has 1 saturated heterocycles. The number of ketones is 1. The van der Waals surface area contributed by atoms with Gasteiger partial charge < -0.3 is 14.2 Å². The summed E-state index contributed by atoms with van der Waals surface area (Å²) in [6.45, 7) is 4.26. The summed E-state index contributed by atoms with van der Waals surface area (Å²) in [4.78, 5) is 33.0. The van der Waals surface area contributed by atoms with Gasteiger partial charge in [-0.05, 0) is 55.5 Å². The van der Waals surface area contributed by atoms with Gasteiger partial charge >= 0.3 is 0 Å². The van der Waals surface area contributed by atoms with Crippen LogP contribution in [0, 0.1) is 0 Å². The molecule has 31 heavy (non-hydrogen) atoms. The number of carbonyl (C=O) groups is 2. The van der Waals surface area contributed by atoms with Crippen LogP contribution in [0.15, 0.2) is 65.1 Å². The second kappa shape index (κ2) is 8.00. The molecule has 0 saturated carbocycles. The molecule has 0 radical (unpaired) electrons. The second-order valence-corrected chi connectivity index (χ2v) is 8.56. The van der Waals surface area contributed by atoms with Crippen LogP contribution < -0.4 is 4.90 Å². The molecule has 0 N–H and O–H groups in total. The molecule has 1 aliphatic heterocycles. The number of nitrogens with zero attached hydrogens (tertiary/aromatic N) is 3. The zero-order chi connectivity index (χ0) is 21.4. The number of carbonyl (C=O) groups excluding carboxylic acids is 2. The van der Waals surface area contributed by atoms with Gasteiger partial charge in [0.2, 0.25) is 0 Å².